The molecule has 0 aliphatic rings. The number of aromatic nitrogens is 2. The second-order valence-electron chi connectivity index (χ2n) is 4.85. The standard InChI is InChI=1S/C14H22N4OS/c1-9-10(2)20-14-12(9)13(16-7-3-4-8-19)17-11(18-14)5-6-15/h19H,3-8,15H2,1-2H3,(H,16,17,18). The van der Waals surface area contributed by atoms with E-state index in [9.17, 15) is 0 Å². The molecule has 0 bridgehead atoms. The van der Waals surface area contributed by atoms with Crippen LogP contribution in [0, 0.1) is 13.8 Å². The number of hydrogen-bond acceptors (Lipinski definition) is 6. The molecule has 0 aliphatic heterocycles. The number of aliphatic hydroxyl groups is 1. The summed E-state index contributed by atoms with van der Waals surface area (Å²) in [6.07, 6.45) is 2.42. The number of nitrogens with two attached hydrogens (primary N) is 1. The first-order valence-electron chi connectivity index (χ1n) is 6.98. The molecule has 2 rings (SSSR count). The fraction of sp³-hybridized carbons (Fsp3) is 0.571. The van der Waals surface area contributed by atoms with Gasteiger partial charge in [-0.1, -0.05) is 0 Å². The van der Waals surface area contributed by atoms with Crippen molar-refractivity contribution in [3.63, 3.8) is 0 Å². The second-order valence-corrected chi connectivity index (χ2v) is 6.05. The summed E-state index contributed by atoms with van der Waals surface area (Å²) in [7, 11) is 0. The molecule has 0 saturated carbocycles. The molecule has 0 atom stereocenters. The third-order valence-electron chi connectivity index (χ3n) is 3.32. The van der Waals surface area contributed by atoms with Crippen LogP contribution in [0.15, 0.2) is 0 Å². The van der Waals surface area contributed by atoms with Gasteiger partial charge in [-0.25, -0.2) is 9.97 Å². The average molecular weight is 294 g/mol. The van der Waals surface area contributed by atoms with Crippen molar-refractivity contribution in [2.75, 3.05) is 25.0 Å². The van der Waals surface area contributed by atoms with Crippen LogP contribution in [-0.4, -0.2) is 34.8 Å². The summed E-state index contributed by atoms with van der Waals surface area (Å²) in [6.45, 7) is 5.82. The number of anilines is 1. The normalized spacial score (nSPS) is 11.2. The maximum Gasteiger partial charge on any atom is 0.138 e. The van der Waals surface area contributed by atoms with Crippen LogP contribution in [0.25, 0.3) is 10.2 Å². The zero-order chi connectivity index (χ0) is 14.5. The van der Waals surface area contributed by atoms with Gasteiger partial charge in [0.05, 0.1) is 5.39 Å². The van der Waals surface area contributed by atoms with Gasteiger partial charge in [-0.15, -0.1) is 11.3 Å². The summed E-state index contributed by atoms with van der Waals surface area (Å²) >= 11 is 1.70. The fourth-order valence-electron chi connectivity index (χ4n) is 2.11. The first kappa shape index (κ1) is 15.2. The van der Waals surface area contributed by atoms with E-state index in [2.05, 4.69) is 29.1 Å². The number of unbranched alkanes of at least 4 members (excludes halogenated alkanes) is 1. The molecule has 2 aromatic rings. The van der Waals surface area contributed by atoms with Crippen LogP contribution in [0.4, 0.5) is 5.82 Å². The maximum atomic E-state index is 8.83. The molecular formula is C14H22N4OS. The lowest BCUT2D eigenvalue weighted by Gasteiger charge is -2.09. The number of nitrogens with zero attached hydrogens (tertiary/aromatic N) is 2. The van der Waals surface area contributed by atoms with E-state index in [4.69, 9.17) is 10.8 Å². The minimum atomic E-state index is 0.232. The minimum absolute atomic E-state index is 0.232. The van der Waals surface area contributed by atoms with Crippen molar-refractivity contribution >= 4 is 27.4 Å². The van der Waals surface area contributed by atoms with Gasteiger partial charge in [0.15, 0.2) is 0 Å². The second kappa shape index (κ2) is 6.97. The highest BCUT2D eigenvalue weighted by Gasteiger charge is 2.14. The monoisotopic (exact) mass is 294 g/mol. The smallest absolute Gasteiger partial charge is 0.138 e. The summed E-state index contributed by atoms with van der Waals surface area (Å²) in [4.78, 5) is 11.5. The highest BCUT2D eigenvalue weighted by atomic mass is 32.1. The number of hydrogen-bond donors (Lipinski definition) is 3. The minimum Gasteiger partial charge on any atom is -0.396 e. The number of aryl methyl sites for hydroxylation is 2. The van der Waals surface area contributed by atoms with Gasteiger partial charge in [0.2, 0.25) is 0 Å². The Hall–Kier alpha value is -1.24. The molecule has 110 valence electrons. The Bertz CT molecular complexity index is 582. The summed E-state index contributed by atoms with van der Waals surface area (Å²) in [5.41, 5.74) is 6.85. The Kier molecular flexibility index (Phi) is 5.28. The van der Waals surface area contributed by atoms with E-state index in [-0.39, 0.29) is 6.61 Å². The predicted octanol–water partition coefficient (Wildman–Crippen LogP) is 1.99. The van der Waals surface area contributed by atoms with E-state index in [0.717, 1.165) is 41.2 Å². The molecule has 2 aromatic heterocycles. The number of fused-ring (bicyclic) bond motifs is 1. The molecule has 0 unspecified atom stereocenters. The van der Waals surface area contributed by atoms with Gasteiger partial charge in [-0.05, 0) is 38.8 Å². The zero-order valence-corrected chi connectivity index (χ0v) is 12.9. The first-order chi connectivity index (χ1) is 9.67. The van der Waals surface area contributed by atoms with Crippen molar-refractivity contribution in [1.29, 1.82) is 0 Å². The van der Waals surface area contributed by atoms with Crippen LogP contribution in [-0.2, 0) is 6.42 Å². The molecular weight excluding hydrogens is 272 g/mol. The number of rotatable bonds is 7. The van der Waals surface area contributed by atoms with Crippen molar-refractivity contribution in [2.45, 2.75) is 33.1 Å². The number of nitrogens with one attached hydrogen (secondary N) is 1. The Morgan fingerprint density at radius 2 is 2.05 bits per heavy atom. The van der Waals surface area contributed by atoms with Crippen LogP contribution in [0.3, 0.4) is 0 Å². The lowest BCUT2D eigenvalue weighted by molar-refractivity contribution is 0.286. The van der Waals surface area contributed by atoms with Crippen LogP contribution in [0.1, 0.15) is 29.1 Å². The highest BCUT2D eigenvalue weighted by molar-refractivity contribution is 7.18. The Morgan fingerprint density at radius 3 is 2.75 bits per heavy atom. The predicted molar refractivity (Wildman–Crippen MR) is 84.5 cm³/mol. The SMILES string of the molecule is Cc1sc2nc(CCN)nc(NCCCCO)c2c1C. The van der Waals surface area contributed by atoms with E-state index in [1.807, 2.05) is 0 Å². The largest absolute Gasteiger partial charge is 0.396 e. The van der Waals surface area contributed by atoms with Gasteiger partial charge in [-0.3, -0.25) is 0 Å². The molecule has 0 fully saturated rings. The van der Waals surface area contributed by atoms with E-state index < -0.39 is 0 Å². The highest BCUT2D eigenvalue weighted by Crippen LogP contribution is 2.33. The summed E-state index contributed by atoms with van der Waals surface area (Å²) in [6, 6.07) is 0. The van der Waals surface area contributed by atoms with E-state index in [1.165, 1.54) is 10.4 Å². The van der Waals surface area contributed by atoms with E-state index >= 15 is 0 Å². The quantitative estimate of drug-likeness (QED) is 0.680. The van der Waals surface area contributed by atoms with Gasteiger partial charge < -0.3 is 16.2 Å². The van der Waals surface area contributed by atoms with Crippen molar-refractivity contribution in [3.8, 4) is 0 Å². The Morgan fingerprint density at radius 1 is 1.25 bits per heavy atom. The van der Waals surface area contributed by atoms with Crippen molar-refractivity contribution in [1.82, 2.24) is 9.97 Å². The van der Waals surface area contributed by atoms with Gasteiger partial charge in [-0.2, -0.15) is 0 Å². The fourth-order valence-corrected chi connectivity index (χ4v) is 3.15. The third kappa shape index (κ3) is 3.26. The average Bonchev–Trinajstić information content (AvgIpc) is 2.70. The van der Waals surface area contributed by atoms with Gasteiger partial charge >= 0.3 is 0 Å². The molecule has 4 N–H and O–H groups in total. The molecule has 2 heterocycles. The number of thiophene rings is 1. The van der Waals surface area contributed by atoms with Gasteiger partial charge in [0, 0.05) is 24.4 Å². The summed E-state index contributed by atoms with van der Waals surface area (Å²) in [5, 5.41) is 13.3. The molecule has 0 aliphatic carbocycles. The number of aliphatic hydroxyl groups excluding tert-OH is 1. The lowest BCUT2D eigenvalue weighted by atomic mass is 10.2. The summed E-state index contributed by atoms with van der Waals surface area (Å²) in [5.74, 6) is 1.70. The van der Waals surface area contributed by atoms with Crippen LogP contribution in [0.2, 0.25) is 0 Å². The topological polar surface area (TPSA) is 84.1 Å². The summed E-state index contributed by atoms with van der Waals surface area (Å²) < 4.78 is 0. The molecule has 0 amide bonds. The Balaban J connectivity index is 2.32. The van der Waals surface area contributed by atoms with E-state index in [1.54, 1.807) is 11.3 Å². The molecule has 0 aromatic carbocycles. The van der Waals surface area contributed by atoms with Crippen LogP contribution >= 0.6 is 11.3 Å². The Labute approximate surface area is 123 Å². The van der Waals surface area contributed by atoms with Crippen molar-refractivity contribution < 1.29 is 5.11 Å². The molecule has 0 spiro atoms. The van der Waals surface area contributed by atoms with Crippen LogP contribution < -0.4 is 11.1 Å². The zero-order valence-electron chi connectivity index (χ0n) is 12.1. The molecule has 0 saturated heterocycles. The molecule has 6 heteroatoms. The third-order valence-corrected chi connectivity index (χ3v) is 4.42. The van der Waals surface area contributed by atoms with E-state index in [0.29, 0.717) is 13.0 Å². The molecule has 20 heavy (non-hydrogen) atoms. The van der Waals surface area contributed by atoms with Gasteiger partial charge in [0.25, 0.3) is 0 Å². The molecule has 0 radical (unpaired) electrons. The maximum absolute atomic E-state index is 8.83. The van der Waals surface area contributed by atoms with Gasteiger partial charge in [0.1, 0.15) is 16.5 Å². The van der Waals surface area contributed by atoms with Crippen LogP contribution in [0.5, 0.6) is 0 Å². The van der Waals surface area contributed by atoms with Crippen molar-refractivity contribution in [3.05, 3.63) is 16.3 Å². The lowest BCUT2D eigenvalue weighted by Crippen LogP contribution is -2.10. The molecule has 5 nitrogen and oxygen atoms in total. The van der Waals surface area contributed by atoms with Crippen molar-refractivity contribution in [2.24, 2.45) is 5.73 Å². The first-order valence-corrected chi connectivity index (χ1v) is 7.80.